The van der Waals surface area contributed by atoms with Gasteiger partial charge in [0.1, 0.15) is 0 Å². The molecule has 0 bridgehead atoms. The molecule has 4 N–H and O–H groups in total. The van der Waals surface area contributed by atoms with E-state index in [1.165, 1.54) is 0 Å². The minimum absolute atomic E-state index is 0.201. The largest absolute Gasteiger partial charge is 0.383 e. The molecule has 4 heteroatoms. The summed E-state index contributed by atoms with van der Waals surface area (Å²) in [5.41, 5.74) is 8.17. The van der Waals surface area contributed by atoms with Crippen molar-refractivity contribution in [2.24, 2.45) is 11.7 Å². The van der Waals surface area contributed by atoms with Crippen molar-refractivity contribution in [3.63, 3.8) is 0 Å². The highest BCUT2D eigenvalue weighted by atomic mass is 15.1. The molecule has 0 saturated carbocycles. The van der Waals surface area contributed by atoms with Gasteiger partial charge in [-0.05, 0) is 30.5 Å². The number of hydrogen-bond acceptors (Lipinski definition) is 3. The summed E-state index contributed by atoms with van der Waals surface area (Å²) < 4.78 is 0. The van der Waals surface area contributed by atoms with Crippen molar-refractivity contribution in [3.05, 3.63) is 24.4 Å². The molecule has 0 aliphatic heterocycles. The van der Waals surface area contributed by atoms with Crippen LogP contribution in [0.2, 0.25) is 0 Å². The molecule has 92 valence electrons. The predicted octanol–water partition coefficient (Wildman–Crippen LogP) is 2.35. The first-order valence-corrected chi connectivity index (χ1v) is 6.07. The topological polar surface area (TPSA) is 66.7 Å². The zero-order chi connectivity index (χ0) is 12.3. The first-order valence-electron chi connectivity index (χ1n) is 6.07. The maximum Gasteiger partial charge on any atom is 0.0670 e. The number of hydrogen-bond donors (Lipinski definition) is 3. The van der Waals surface area contributed by atoms with E-state index in [-0.39, 0.29) is 6.04 Å². The number of nitrogens with zero attached hydrogens (tertiary/aromatic N) is 1. The Bertz CT molecular complexity index is 475. The lowest BCUT2D eigenvalue weighted by atomic mass is 10.0. The number of nitrogens with one attached hydrogen (secondary N) is 2. The van der Waals surface area contributed by atoms with Crippen molar-refractivity contribution in [1.82, 2.24) is 10.2 Å². The molecule has 2 aromatic rings. The van der Waals surface area contributed by atoms with Crippen LogP contribution in [0.1, 0.15) is 20.3 Å². The maximum absolute atomic E-state index is 6.03. The average Bonchev–Trinajstić information content (AvgIpc) is 2.72. The molecule has 0 spiro atoms. The van der Waals surface area contributed by atoms with Crippen molar-refractivity contribution in [1.29, 1.82) is 0 Å². The molecule has 0 amide bonds. The van der Waals surface area contributed by atoms with Gasteiger partial charge < -0.3 is 11.1 Å². The summed E-state index contributed by atoms with van der Waals surface area (Å²) in [5.74, 6) is 0.641. The molecule has 0 aliphatic carbocycles. The highest BCUT2D eigenvalue weighted by Gasteiger charge is 2.05. The Balaban J connectivity index is 1.94. The van der Waals surface area contributed by atoms with Gasteiger partial charge in [-0.15, -0.1) is 0 Å². The second kappa shape index (κ2) is 5.19. The van der Waals surface area contributed by atoms with Crippen molar-refractivity contribution in [2.45, 2.75) is 26.3 Å². The summed E-state index contributed by atoms with van der Waals surface area (Å²) in [5, 5.41) is 11.4. The summed E-state index contributed by atoms with van der Waals surface area (Å²) in [6.45, 7) is 5.19. The van der Waals surface area contributed by atoms with E-state index in [0.717, 1.165) is 29.6 Å². The van der Waals surface area contributed by atoms with Crippen LogP contribution in [0.15, 0.2) is 24.4 Å². The number of aromatic amines is 1. The van der Waals surface area contributed by atoms with E-state index in [1.807, 2.05) is 6.20 Å². The Morgan fingerprint density at radius 2 is 2.24 bits per heavy atom. The van der Waals surface area contributed by atoms with Gasteiger partial charge in [-0.2, -0.15) is 5.10 Å². The predicted molar refractivity (Wildman–Crippen MR) is 72.0 cm³/mol. The Kier molecular flexibility index (Phi) is 3.64. The number of nitrogens with two attached hydrogens (primary N) is 1. The first kappa shape index (κ1) is 11.9. The van der Waals surface area contributed by atoms with E-state index < -0.39 is 0 Å². The Hall–Kier alpha value is -1.55. The van der Waals surface area contributed by atoms with Crippen LogP contribution in [0.3, 0.4) is 0 Å². The third kappa shape index (κ3) is 3.20. The van der Waals surface area contributed by atoms with Gasteiger partial charge in [0.2, 0.25) is 0 Å². The van der Waals surface area contributed by atoms with E-state index >= 15 is 0 Å². The number of H-pyrrole nitrogens is 1. The van der Waals surface area contributed by atoms with Crippen LogP contribution in [-0.4, -0.2) is 22.8 Å². The second-order valence-corrected chi connectivity index (χ2v) is 4.94. The molecule has 1 aromatic carbocycles. The Morgan fingerprint density at radius 1 is 1.41 bits per heavy atom. The van der Waals surface area contributed by atoms with Crippen LogP contribution in [0.4, 0.5) is 5.69 Å². The Morgan fingerprint density at radius 3 is 3.00 bits per heavy atom. The highest BCUT2D eigenvalue weighted by molar-refractivity contribution is 5.81. The summed E-state index contributed by atoms with van der Waals surface area (Å²) in [7, 11) is 0. The van der Waals surface area contributed by atoms with Crippen LogP contribution in [0, 0.1) is 5.92 Å². The van der Waals surface area contributed by atoms with Gasteiger partial charge in [-0.25, -0.2) is 0 Å². The van der Waals surface area contributed by atoms with Crippen LogP contribution >= 0.6 is 0 Å². The second-order valence-electron chi connectivity index (χ2n) is 4.94. The van der Waals surface area contributed by atoms with E-state index in [2.05, 4.69) is 47.6 Å². The van der Waals surface area contributed by atoms with Gasteiger partial charge in [0.05, 0.1) is 11.7 Å². The van der Waals surface area contributed by atoms with Crippen molar-refractivity contribution in [2.75, 3.05) is 11.9 Å². The van der Waals surface area contributed by atoms with Gasteiger partial charge in [0, 0.05) is 23.7 Å². The molecule has 4 nitrogen and oxygen atoms in total. The van der Waals surface area contributed by atoms with Gasteiger partial charge in [0.15, 0.2) is 0 Å². The molecule has 0 aliphatic rings. The van der Waals surface area contributed by atoms with Crippen LogP contribution in [0.25, 0.3) is 10.9 Å². The molecule has 0 fully saturated rings. The molecule has 1 heterocycles. The van der Waals surface area contributed by atoms with Gasteiger partial charge in [-0.1, -0.05) is 13.8 Å². The van der Waals surface area contributed by atoms with E-state index in [1.54, 1.807) is 0 Å². The molecular weight excluding hydrogens is 212 g/mol. The minimum atomic E-state index is 0.201. The lowest BCUT2D eigenvalue weighted by Gasteiger charge is -2.15. The van der Waals surface area contributed by atoms with E-state index in [9.17, 15) is 0 Å². The number of aromatic nitrogens is 2. The zero-order valence-corrected chi connectivity index (χ0v) is 10.4. The lowest BCUT2D eigenvalue weighted by Crippen LogP contribution is -2.30. The summed E-state index contributed by atoms with van der Waals surface area (Å²) in [6, 6.07) is 6.37. The third-order valence-electron chi connectivity index (χ3n) is 2.78. The van der Waals surface area contributed by atoms with Crippen LogP contribution in [0.5, 0.6) is 0 Å². The molecule has 1 aromatic heterocycles. The first-order chi connectivity index (χ1) is 8.15. The number of benzene rings is 1. The van der Waals surface area contributed by atoms with Crippen molar-refractivity contribution < 1.29 is 0 Å². The highest BCUT2D eigenvalue weighted by Crippen LogP contribution is 2.16. The summed E-state index contributed by atoms with van der Waals surface area (Å²) >= 11 is 0. The third-order valence-corrected chi connectivity index (χ3v) is 2.78. The Labute approximate surface area is 102 Å². The fourth-order valence-electron chi connectivity index (χ4n) is 1.98. The SMILES string of the molecule is CC(C)CC(N)CNc1ccc2cn[nH]c2c1. The van der Waals surface area contributed by atoms with Crippen molar-refractivity contribution >= 4 is 16.6 Å². The summed E-state index contributed by atoms with van der Waals surface area (Å²) in [4.78, 5) is 0. The number of fused-ring (bicyclic) bond motifs is 1. The quantitative estimate of drug-likeness (QED) is 0.741. The fraction of sp³-hybridized carbons (Fsp3) is 0.462. The van der Waals surface area contributed by atoms with Gasteiger partial charge in [-0.3, -0.25) is 5.10 Å². The molecule has 2 rings (SSSR count). The van der Waals surface area contributed by atoms with E-state index in [4.69, 9.17) is 5.73 Å². The molecule has 0 saturated heterocycles. The average molecular weight is 232 g/mol. The molecule has 1 unspecified atom stereocenters. The minimum Gasteiger partial charge on any atom is -0.383 e. The molecular formula is C13H20N4. The van der Waals surface area contributed by atoms with E-state index in [0.29, 0.717) is 5.92 Å². The zero-order valence-electron chi connectivity index (χ0n) is 10.4. The molecule has 0 radical (unpaired) electrons. The van der Waals surface area contributed by atoms with Crippen molar-refractivity contribution in [3.8, 4) is 0 Å². The van der Waals surface area contributed by atoms with Crippen LogP contribution < -0.4 is 11.1 Å². The number of rotatable bonds is 5. The van der Waals surface area contributed by atoms with Crippen LogP contribution in [-0.2, 0) is 0 Å². The fourth-order valence-corrected chi connectivity index (χ4v) is 1.98. The van der Waals surface area contributed by atoms with Gasteiger partial charge >= 0.3 is 0 Å². The van der Waals surface area contributed by atoms with Gasteiger partial charge in [0.25, 0.3) is 0 Å². The lowest BCUT2D eigenvalue weighted by molar-refractivity contribution is 0.508. The standard InChI is InChI=1S/C13H20N4/c1-9(2)5-11(14)8-15-12-4-3-10-7-16-17-13(10)6-12/h3-4,6-7,9,11,15H,5,8,14H2,1-2H3,(H,16,17). The maximum atomic E-state index is 6.03. The normalized spacial score (nSPS) is 13.2. The smallest absolute Gasteiger partial charge is 0.0670 e. The molecule has 17 heavy (non-hydrogen) atoms. The summed E-state index contributed by atoms with van der Waals surface area (Å²) in [6.07, 6.45) is 2.86. The monoisotopic (exact) mass is 232 g/mol. The molecule has 1 atom stereocenters. The number of anilines is 1.